The Kier molecular flexibility index (Phi) is 6.97. The van der Waals surface area contributed by atoms with Crippen LogP contribution < -0.4 is 26.2 Å². The number of hydrogen-bond acceptors (Lipinski definition) is 5. The van der Waals surface area contributed by atoms with E-state index in [1.807, 2.05) is 43.0 Å². The van der Waals surface area contributed by atoms with Crippen molar-refractivity contribution in [1.82, 2.24) is 14.5 Å². The van der Waals surface area contributed by atoms with Gasteiger partial charge in [0, 0.05) is 39.3 Å². The van der Waals surface area contributed by atoms with Gasteiger partial charge in [-0.15, -0.1) is 0 Å². The average molecular weight is 415 g/mol. The van der Waals surface area contributed by atoms with E-state index in [0.29, 0.717) is 32.1 Å². The number of rotatable bonds is 7. The number of nitrogens with zero attached hydrogens (tertiary/aromatic N) is 3. The number of anilines is 1. The molecule has 162 valence electrons. The van der Waals surface area contributed by atoms with Crippen molar-refractivity contribution in [3.05, 3.63) is 56.7 Å². The molecule has 1 saturated heterocycles. The Balaban J connectivity index is 1.67. The molecule has 1 fully saturated rings. The summed E-state index contributed by atoms with van der Waals surface area (Å²) < 4.78 is 8.13. The first-order valence-electron chi connectivity index (χ1n) is 10.5. The summed E-state index contributed by atoms with van der Waals surface area (Å²) in [6.45, 7) is 6.56. The van der Waals surface area contributed by atoms with Crippen molar-refractivity contribution in [3.8, 4) is 5.75 Å². The lowest BCUT2D eigenvalue weighted by Crippen LogP contribution is -2.47. The second-order valence-electron chi connectivity index (χ2n) is 7.51. The minimum absolute atomic E-state index is 0.0113. The number of aromatic nitrogens is 2. The van der Waals surface area contributed by atoms with Gasteiger partial charge in [-0.3, -0.25) is 18.7 Å². The summed E-state index contributed by atoms with van der Waals surface area (Å²) in [6.07, 6.45) is 1.61. The van der Waals surface area contributed by atoms with Crippen molar-refractivity contribution in [1.29, 1.82) is 0 Å². The first kappa shape index (κ1) is 21.7. The van der Waals surface area contributed by atoms with Gasteiger partial charge in [0.05, 0.1) is 12.5 Å². The summed E-state index contributed by atoms with van der Waals surface area (Å²) >= 11 is 0. The highest BCUT2D eigenvalue weighted by atomic mass is 16.5. The van der Waals surface area contributed by atoms with Gasteiger partial charge < -0.3 is 15.0 Å². The van der Waals surface area contributed by atoms with E-state index in [1.54, 1.807) is 4.57 Å². The molecule has 1 atom stereocenters. The lowest BCUT2D eigenvalue weighted by Gasteiger charge is -2.34. The van der Waals surface area contributed by atoms with Crippen LogP contribution in [0.3, 0.4) is 0 Å². The molecule has 1 N–H and O–H groups in total. The highest BCUT2D eigenvalue weighted by Gasteiger charge is 2.27. The third-order valence-corrected chi connectivity index (χ3v) is 5.51. The molecule has 3 rings (SSSR count). The third kappa shape index (κ3) is 4.75. The molecule has 0 bridgehead atoms. The zero-order valence-electron chi connectivity index (χ0n) is 17.9. The Morgan fingerprint density at radius 2 is 1.93 bits per heavy atom. The Morgan fingerprint density at radius 1 is 1.20 bits per heavy atom. The Morgan fingerprint density at radius 3 is 2.60 bits per heavy atom. The number of carbonyl (C=O) groups excluding carboxylic acids is 1. The molecular weight excluding hydrogens is 384 g/mol. The Bertz CT molecular complexity index is 994. The quantitative estimate of drug-likeness (QED) is 0.742. The van der Waals surface area contributed by atoms with Gasteiger partial charge >= 0.3 is 5.69 Å². The number of benzene rings is 1. The molecule has 0 saturated carbocycles. The topological polar surface area (TPSA) is 85.6 Å². The molecule has 0 radical (unpaired) electrons. The maximum atomic E-state index is 12.8. The van der Waals surface area contributed by atoms with E-state index in [1.165, 1.54) is 13.1 Å². The number of amides is 1. The summed E-state index contributed by atoms with van der Waals surface area (Å²) in [5.74, 6) is 1.20. The van der Waals surface area contributed by atoms with Crippen LogP contribution in [0.5, 0.6) is 5.75 Å². The van der Waals surface area contributed by atoms with E-state index in [-0.39, 0.29) is 23.1 Å². The molecule has 1 amide bonds. The Hall–Kier alpha value is -3.03. The molecule has 1 aromatic heterocycles. The van der Waals surface area contributed by atoms with Crippen LogP contribution in [0.2, 0.25) is 0 Å². The molecule has 1 aliphatic rings. The van der Waals surface area contributed by atoms with Gasteiger partial charge in [0.15, 0.2) is 0 Å². The van der Waals surface area contributed by atoms with Crippen molar-refractivity contribution in [3.63, 3.8) is 0 Å². The van der Waals surface area contributed by atoms with Crippen molar-refractivity contribution in [2.45, 2.75) is 39.8 Å². The van der Waals surface area contributed by atoms with E-state index in [9.17, 15) is 14.4 Å². The summed E-state index contributed by atoms with van der Waals surface area (Å²) in [4.78, 5) is 39.3. The van der Waals surface area contributed by atoms with Crippen LogP contribution >= 0.6 is 0 Å². The highest BCUT2D eigenvalue weighted by Crippen LogP contribution is 2.22. The first-order valence-corrected chi connectivity index (χ1v) is 10.5. The van der Waals surface area contributed by atoms with Crippen LogP contribution in [-0.2, 0) is 24.9 Å². The normalized spacial score (nSPS) is 16.4. The maximum Gasteiger partial charge on any atom is 0.332 e. The van der Waals surface area contributed by atoms with Gasteiger partial charge in [-0.2, -0.15) is 0 Å². The van der Waals surface area contributed by atoms with Gasteiger partial charge in [0.25, 0.3) is 5.56 Å². The van der Waals surface area contributed by atoms with E-state index in [4.69, 9.17) is 4.74 Å². The predicted molar refractivity (Wildman–Crippen MR) is 116 cm³/mol. The molecule has 0 aliphatic carbocycles. The highest BCUT2D eigenvalue weighted by molar-refractivity contribution is 5.79. The molecule has 1 aromatic carbocycles. The molecular formula is C22H30N4O4. The molecule has 30 heavy (non-hydrogen) atoms. The van der Waals surface area contributed by atoms with Gasteiger partial charge in [-0.05, 0) is 44.4 Å². The van der Waals surface area contributed by atoms with Gasteiger partial charge in [0.1, 0.15) is 11.6 Å². The molecule has 8 nitrogen and oxygen atoms in total. The van der Waals surface area contributed by atoms with E-state index in [0.717, 1.165) is 35.3 Å². The van der Waals surface area contributed by atoms with Crippen LogP contribution in [0.25, 0.3) is 0 Å². The lowest BCUT2D eigenvalue weighted by atomic mass is 9.97. The summed E-state index contributed by atoms with van der Waals surface area (Å²) in [5, 5.41) is 3.01. The maximum absolute atomic E-state index is 12.8. The Labute approximate surface area is 176 Å². The van der Waals surface area contributed by atoms with Crippen LogP contribution in [0.1, 0.15) is 32.3 Å². The fourth-order valence-corrected chi connectivity index (χ4v) is 3.82. The van der Waals surface area contributed by atoms with Crippen molar-refractivity contribution in [2.24, 2.45) is 13.0 Å². The molecule has 1 unspecified atom stereocenters. The van der Waals surface area contributed by atoms with E-state index >= 15 is 0 Å². The minimum atomic E-state index is -0.332. The van der Waals surface area contributed by atoms with Crippen molar-refractivity contribution in [2.75, 3.05) is 24.6 Å². The van der Waals surface area contributed by atoms with Crippen LogP contribution in [0.4, 0.5) is 5.82 Å². The van der Waals surface area contributed by atoms with Gasteiger partial charge in [-0.1, -0.05) is 12.1 Å². The van der Waals surface area contributed by atoms with E-state index in [2.05, 4.69) is 5.32 Å². The van der Waals surface area contributed by atoms with Crippen molar-refractivity contribution >= 4 is 11.7 Å². The SMILES string of the molecule is CCOc1ccc(CNC(=O)C2CCCN(c3cc(=O)n(C)c(=O)n3CC)C2)cc1. The first-order chi connectivity index (χ1) is 14.4. The summed E-state index contributed by atoms with van der Waals surface area (Å²) in [7, 11) is 1.48. The number of carbonyl (C=O) groups is 1. The third-order valence-electron chi connectivity index (χ3n) is 5.51. The zero-order chi connectivity index (χ0) is 21.7. The molecule has 2 heterocycles. The molecule has 2 aromatic rings. The van der Waals surface area contributed by atoms with Gasteiger partial charge in [-0.25, -0.2) is 4.79 Å². The monoisotopic (exact) mass is 414 g/mol. The molecule has 0 spiro atoms. The number of ether oxygens (including phenoxy) is 1. The van der Waals surface area contributed by atoms with Gasteiger partial charge in [0.2, 0.25) is 5.91 Å². The fraction of sp³-hybridized carbons (Fsp3) is 0.500. The molecule has 1 aliphatic heterocycles. The smallest absolute Gasteiger partial charge is 0.332 e. The number of piperidine rings is 1. The van der Waals surface area contributed by atoms with Crippen molar-refractivity contribution < 1.29 is 9.53 Å². The molecule has 8 heteroatoms. The standard InChI is InChI=1S/C22H30N4O4/c1-4-26-19(13-20(27)24(3)22(26)29)25-12-6-7-17(15-25)21(28)23-14-16-8-10-18(11-9-16)30-5-2/h8-11,13,17H,4-7,12,14-15H2,1-3H3,(H,23,28). The number of hydrogen-bond donors (Lipinski definition) is 1. The van der Waals surface area contributed by atoms with Crippen LogP contribution in [0.15, 0.2) is 39.9 Å². The predicted octanol–water partition coefficient (Wildman–Crippen LogP) is 1.50. The largest absolute Gasteiger partial charge is 0.494 e. The minimum Gasteiger partial charge on any atom is -0.494 e. The fourth-order valence-electron chi connectivity index (χ4n) is 3.82. The van der Waals surface area contributed by atoms with E-state index < -0.39 is 0 Å². The van der Waals surface area contributed by atoms with Crippen LogP contribution in [0, 0.1) is 5.92 Å². The second-order valence-corrected chi connectivity index (χ2v) is 7.51. The number of nitrogens with one attached hydrogen (secondary N) is 1. The summed E-state index contributed by atoms with van der Waals surface area (Å²) in [6, 6.07) is 9.17. The van der Waals surface area contributed by atoms with Crippen LogP contribution in [-0.4, -0.2) is 34.7 Å². The summed E-state index contributed by atoms with van der Waals surface area (Å²) in [5.41, 5.74) is 0.342. The second kappa shape index (κ2) is 9.65. The lowest BCUT2D eigenvalue weighted by molar-refractivity contribution is -0.125. The average Bonchev–Trinajstić information content (AvgIpc) is 2.77. The zero-order valence-corrected chi connectivity index (χ0v) is 17.9.